The van der Waals surface area contributed by atoms with Gasteiger partial charge in [-0.3, -0.25) is 4.79 Å². The average molecular weight is 380 g/mol. The van der Waals surface area contributed by atoms with Crippen LogP contribution in [0.1, 0.15) is 33.3 Å². The molecular weight excluding hydrogens is 359 g/mol. The number of ether oxygens (including phenoxy) is 1. The molecule has 0 N–H and O–H groups in total. The molecule has 0 fully saturated rings. The number of carbonyl (C=O) groups excluding carboxylic acids is 1. The minimum atomic E-state index is -0.635. The van der Waals surface area contributed by atoms with Gasteiger partial charge in [-0.15, -0.1) is 0 Å². The minimum absolute atomic E-state index is 0.00981. The molecule has 1 aromatic heterocycles. The standard InChI is InChI=1S/C22H21FN2O3/c1-27-19-9-5-8-16(21(19)23)22(26)25-13-12-18-17(14-25)24-20(28-18)11-10-15-6-3-2-4-7-15/h2-9H,10-14H2,1H3. The van der Waals surface area contributed by atoms with Crippen molar-refractivity contribution in [1.82, 2.24) is 9.88 Å². The Morgan fingerprint density at radius 2 is 2.00 bits per heavy atom. The number of oxazole rings is 1. The normalized spacial score (nSPS) is 13.3. The fourth-order valence-corrected chi connectivity index (χ4v) is 3.43. The van der Waals surface area contributed by atoms with Crippen LogP contribution in [0.15, 0.2) is 52.9 Å². The molecule has 0 saturated heterocycles. The number of amides is 1. The van der Waals surface area contributed by atoms with E-state index in [0.717, 1.165) is 17.9 Å². The first kappa shape index (κ1) is 18.2. The van der Waals surface area contributed by atoms with E-state index in [1.165, 1.54) is 24.8 Å². The lowest BCUT2D eigenvalue weighted by Crippen LogP contribution is -2.36. The monoisotopic (exact) mass is 380 g/mol. The Labute approximate surface area is 162 Å². The molecule has 0 spiro atoms. The van der Waals surface area contributed by atoms with Crippen molar-refractivity contribution in [1.29, 1.82) is 0 Å². The van der Waals surface area contributed by atoms with Gasteiger partial charge in [0, 0.05) is 19.4 Å². The van der Waals surface area contributed by atoms with E-state index in [-0.39, 0.29) is 17.2 Å². The summed E-state index contributed by atoms with van der Waals surface area (Å²) in [4.78, 5) is 19.0. The van der Waals surface area contributed by atoms with Gasteiger partial charge in [-0.1, -0.05) is 36.4 Å². The number of aryl methyl sites for hydroxylation is 2. The lowest BCUT2D eigenvalue weighted by Gasteiger charge is -2.25. The summed E-state index contributed by atoms with van der Waals surface area (Å²) < 4.78 is 25.3. The van der Waals surface area contributed by atoms with Crippen LogP contribution in [-0.4, -0.2) is 29.4 Å². The molecule has 3 aromatic rings. The molecule has 0 bridgehead atoms. The number of nitrogens with zero attached hydrogens (tertiary/aromatic N) is 2. The highest BCUT2D eigenvalue weighted by Crippen LogP contribution is 2.25. The SMILES string of the molecule is COc1cccc(C(=O)N2CCc3oc(CCc4ccccc4)nc3C2)c1F. The van der Waals surface area contributed by atoms with Gasteiger partial charge in [-0.05, 0) is 24.1 Å². The first-order valence-corrected chi connectivity index (χ1v) is 9.29. The van der Waals surface area contributed by atoms with Crippen LogP contribution in [-0.2, 0) is 25.8 Å². The molecule has 0 unspecified atom stereocenters. The molecule has 2 aromatic carbocycles. The van der Waals surface area contributed by atoms with Gasteiger partial charge >= 0.3 is 0 Å². The Bertz CT molecular complexity index is 985. The van der Waals surface area contributed by atoms with E-state index in [9.17, 15) is 9.18 Å². The van der Waals surface area contributed by atoms with Gasteiger partial charge in [0.2, 0.25) is 0 Å². The predicted molar refractivity (Wildman–Crippen MR) is 102 cm³/mol. The molecule has 1 aliphatic rings. The summed E-state index contributed by atoms with van der Waals surface area (Å²) in [5.41, 5.74) is 1.99. The van der Waals surface area contributed by atoms with Crippen molar-refractivity contribution >= 4 is 5.91 Å². The Morgan fingerprint density at radius 3 is 2.79 bits per heavy atom. The summed E-state index contributed by atoms with van der Waals surface area (Å²) in [6, 6.07) is 14.7. The summed E-state index contributed by atoms with van der Waals surface area (Å²) in [5, 5.41) is 0. The molecule has 0 saturated carbocycles. The lowest BCUT2D eigenvalue weighted by atomic mass is 10.1. The quantitative estimate of drug-likeness (QED) is 0.676. The molecule has 2 heterocycles. The number of hydrogen-bond donors (Lipinski definition) is 0. The maximum Gasteiger partial charge on any atom is 0.257 e. The summed E-state index contributed by atoms with van der Waals surface area (Å²) in [5.74, 6) is 0.558. The van der Waals surface area contributed by atoms with Crippen molar-refractivity contribution in [2.24, 2.45) is 0 Å². The number of halogens is 1. The number of carbonyl (C=O) groups is 1. The van der Waals surface area contributed by atoms with Crippen LogP contribution in [0.5, 0.6) is 5.75 Å². The van der Waals surface area contributed by atoms with Crippen LogP contribution in [0, 0.1) is 5.82 Å². The van der Waals surface area contributed by atoms with Gasteiger partial charge in [0.1, 0.15) is 11.5 Å². The van der Waals surface area contributed by atoms with Crippen LogP contribution in [0.4, 0.5) is 4.39 Å². The van der Waals surface area contributed by atoms with Crippen LogP contribution in [0.2, 0.25) is 0 Å². The number of hydrogen-bond acceptors (Lipinski definition) is 4. The number of benzene rings is 2. The van der Waals surface area contributed by atoms with Crippen LogP contribution < -0.4 is 4.74 Å². The van der Waals surface area contributed by atoms with E-state index < -0.39 is 5.82 Å². The maximum absolute atomic E-state index is 14.4. The summed E-state index contributed by atoms with van der Waals surface area (Å²) >= 11 is 0. The third-order valence-corrected chi connectivity index (χ3v) is 4.94. The molecule has 5 nitrogen and oxygen atoms in total. The smallest absolute Gasteiger partial charge is 0.257 e. The first-order chi connectivity index (χ1) is 13.7. The summed E-state index contributed by atoms with van der Waals surface area (Å²) in [6.45, 7) is 0.787. The largest absolute Gasteiger partial charge is 0.494 e. The second-order valence-corrected chi connectivity index (χ2v) is 6.76. The Morgan fingerprint density at radius 1 is 1.18 bits per heavy atom. The van der Waals surface area contributed by atoms with Crippen molar-refractivity contribution in [3.63, 3.8) is 0 Å². The van der Waals surface area contributed by atoms with E-state index in [1.54, 1.807) is 11.0 Å². The maximum atomic E-state index is 14.4. The number of rotatable bonds is 5. The zero-order valence-corrected chi connectivity index (χ0v) is 15.7. The van der Waals surface area contributed by atoms with Crippen molar-refractivity contribution in [3.8, 4) is 5.75 Å². The van der Waals surface area contributed by atoms with Crippen molar-refractivity contribution < 1.29 is 18.3 Å². The molecule has 6 heteroatoms. The molecule has 144 valence electrons. The van der Waals surface area contributed by atoms with Gasteiger partial charge in [0.15, 0.2) is 17.5 Å². The van der Waals surface area contributed by atoms with Crippen LogP contribution in [0.25, 0.3) is 0 Å². The van der Waals surface area contributed by atoms with Gasteiger partial charge in [-0.25, -0.2) is 9.37 Å². The molecular formula is C22H21FN2O3. The highest BCUT2D eigenvalue weighted by atomic mass is 19.1. The van der Waals surface area contributed by atoms with Crippen molar-refractivity contribution in [3.05, 3.63) is 82.8 Å². The highest BCUT2D eigenvalue weighted by Gasteiger charge is 2.28. The van der Waals surface area contributed by atoms with Gasteiger partial charge in [-0.2, -0.15) is 0 Å². The first-order valence-electron chi connectivity index (χ1n) is 9.29. The molecule has 1 amide bonds. The molecule has 28 heavy (non-hydrogen) atoms. The Balaban J connectivity index is 1.46. The molecule has 4 rings (SSSR count). The van der Waals surface area contributed by atoms with E-state index in [1.807, 2.05) is 18.2 Å². The van der Waals surface area contributed by atoms with E-state index in [2.05, 4.69) is 17.1 Å². The van der Waals surface area contributed by atoms with Crippen molar-refractivity contribution in [2.45, 2.75) is 25.8 Å². The Hall–Kier alpha value is -3.15. The predicted octanol–water partition coefficient (Wildman–Crippen LogP) is 3.81. The van der Waals surface area contributed by atoms with Crippen molar-refractivity contribution in [2.75, 3.05) is 13.7 Å². The third kappa shape index (κ3) is 3.63. The number of fused-ring (bicyclic) bond motifs is 1. The van der Waals surface area contributed by atoms with Crippen LogP contribution in [0.3, 0.4) is 0 Å². The Kier molecular flexibility index (Phi) is 5.10. The summed E-state index contributed by atoms with van der Waals surface area (Å²) in [6.07, 6.45) is 2.12. The lowest BCUT2D eigenvalue weighted by molar-refractivity contribution is 0.0722. The zero-order chi connectivity index (χ0) is 19.5. The van der Waals surface area contributed by atoms with Crippen LogP contribution >= 0.6 is 0 Å². The second-order valence-electron chi connectivity index (χ2n) is 6.76. The number of aromatic nitrogens is 1. The fraction of sp³-hybridized carbons (Fsp3) is 0.273. The van der Waals surface area contributed by atoms with E-state index in [0.29, 0.717) is 31.8 Å². The second kappa shape index (κ2) is 7.84. The minimum Gasteiger partial charge on any atom is -0.494 e. The third-order valence-electron chi connectivity index (χ3n) is 4.94. The van der Waals surface area contributed by atoms with Gasteiger partial charge in [0.25, 0.3) is 5.91 Å². The molecule has 1 aliphatic heterocycles. The zero-order valence-electron chi connectivity index (χ0n) is 15.7. The summed E-state index contributed by atoms with van der Waals surface area (Å²) in [7, 11) is 1.38. The highest BCUT2D eigenvalue weighted by molar-refractivity contribution is 5.95. The molecule has 0 aliphatic carbocycles. The average Bonchev–Trinajstić information content (AvgIpc) is 3.15. The molecule has 0 radical (unpaired) electrons. The van der Waals surface area contributed by atoms with E-state index in [4.69, 9.17) is 9.15 Å². The van der Waals surface area contributed by atoms with Gasteiger partial charge < -0.3 is 14.1 Å². The van der Waals surface area contributed by atoms with E-state index >= 15 is 0 Å². The molecule has 0 atom stereocenters. The topological polar surface area (TPSA) is 55.6 Å². The van der Waals surface area contributed by atoms with Gasteiger partial charge in [0.05, 0.1) is 19.2 Å². The number of methoxy groups -OCH3 is 1. The fourth-order valence-electron chi connectivity index (χ4n) is 3.43.